The predicted octanol–water partition coefficient (Wildman–Crippen LogP) is 4.56. The summed E-state index contributed by atoms with van der Waals surface area (Å²) in [6.45, 7) is 4.58. The van der Waals surface area contributed by atoms with Crippen LogP contribution < -0.4 is 0 Å². The van der Waals surface area contributed by atoms with Crippen LogP contribution in [0.2, 0.25) is 0 Å². The van der Waals surface area contributed by atoms with Crippen LogP contribution in [0.15, 0.2) is 70.3 Å². The lowest BCUT2D eigenvalue weighted by molar-refractivity contribution is -0.129. The molecule has 0 radical (unpaired) electrons. The van der Waals surface area contributed by atoms with E-state index in [-0.39, 0.29) is 17.1 Å². The van der Waals surface area contributed by atoms with Crippen LogP contribution in [0, 0.1) is 0 Å². The number of benzene rings is 2. The number of carbonyl (C=O) groups excluding carboxylic acids is 1. The molecule has 0 bridgehead atoms. The van der Waals surface area contributed by atoms with Crippen LogP contribution in [0.4, 0.5) is 0 Å². The zero-order chi connectivity index (χ0) is 19.9. The molecular formula is C22H25N3O2S. The van der Waals surface area contributed by atoms with Gasteiger partial charge in [0.25, 0.3) is 5.22 Å². The lowest BCUT2D eigenvalue weighted by Gasteiger charge is -2.20. The number of hydrogen-bond acceptors (Lipinski definition) is 5. The quantitative estimate of drug-likeness (QED) is 0.524. The van der Waals surface area contributed by atoms with Crippen molar-refractivity contribution in [3.05, 3.63) is 77.7 Å². The zero-order valence-electron chi connectivity index (χ0n) is 16.4. The Hall–Kier alpha value is -2.60. The lowest BCUT2D eigenvalue weighted by Crippen LogP contribution is -2.32. The molecule has 1 amide bonds. The highest BCUT2D eigenvalue weighted by atomic mass is 32.2. The molecule has 0 aliphatic carbocycles. The first kappa shape index (κ1) is 20.1. The molecule has 3 aromatic rings. The van der Waals surface area contributed by atoms with Crippen molar-refractivity contribution >= 4 is 17.7 Å². The summed E-state index contributed by atoms with van der Waals surface area (Å²) in [7, 11) is 1.81. The minimum Gasteiger partial charge on any atom is -0.416 e. The van der Waals surface area contributed by atoms with Gasteiger partial charge < -0.3 is 9.32 Å². The van der Waals surface area contributed by atoms with Gasteiger partial charge in [-0.05, 0) is 24.0 Å². The third kappa shape index (κ3) is 5.45. The second-order valence-corrected chi connectivity index (χ2v) is 8.21. The summed E-state index contributed by atoms with van der Waals surface area (Å²) in [5, 5.41) is 8.39. The van der Waals surface area contributed by atoms with Gasteiger partial charge in [0.2, 0.25) is 11.8 Å². The van der Waals surface area contributed by atoms with Crippen molar-refractivity contribution in [1.29, 1.82) is 0 Å². The highest BCUT2D eigenvalue weighted by Gasteiger charge is 2.22. The molecule has 5 nitrogen and oxygen atoms in total. The van der Waals surface area contributed by atoms with Crippen molar-refractivity contribution in [2.45, 2.75) is 43.2 Å². The molecule has 28 heavy (non-hydrogen) atoms. The maximum atomic E-state index is 12.6. The highest BCUT2D eigenvalue weighted by molar-refractivity contribution is 8.00. The molecule has 0 N–H and O–H groups in total. The number of aromatic nitrogens is 2. The van der Waals surface area contributed by atoms with E-state index in [0.29, 0.717) is 24.1 Å². The van der Waals surface area contributed by atoms with Gasteiger partial charge >= 0.3 is 0 Å². The molecule has 146 valence electrons. The maximum Gasteiger partial charge on any atom is 0.277 e. The molecule has 6 heteroatoms. The minimum atomic E-state index is -0.298. The Morgan fingerprint density at radius 1 is 1.04 bits per heavy atom. The molecule has 1 aromatic heterocycles. The van der Waals surface area contributed by atoms with Gasteiger partial charge in [-0.25, -0.2) is 0 Å². The molecule has 0 saturated carbocycles. The summed E-state index contributed by atoms with van der Waals surface area (Å²) < 4.78 is 5.76. The van der Waals surface area contributed by atoms with E-state index in [1.54, 1.807) is 4.90 Å². The van der Waals surface area contributed by atoms with Gasteiger partial charge in [-0.1, -0.05) is 79.3 Å². The molecular weight excluding hydrogens is 370 g/mol. The first-order valence-corrected chi connectivity index (χ1v) is 10.2. The van der Waals surface area contributed by atoms with E-state index in [9.17, 15) is 4.79 Å². The van der Waals surface area contributed by atoms with Crippen molar-refractivity contribution in [1.82, 2.24) is 15.1 Å². The van der Waals surface area contributed by atoms with Crippen molar-refractivity contribution in [3.63, 3.8) is 0 Å². The monoisotopic (exact) mass is 395 g/mol. The van der Waals surface area contributed by atoms with Gasteiger partial charge in [0.1, 0.15) is 0 Å². The van der Waals surface area contributed by atoms with Crippen LogP contribution >= 0.6 is 11.8 Å². The van der Waals surface area contributed by atoms with E-state index >= 15 is 0 Å². The first-order chi connectivity index (χ1) is 13.5. The summed E-state index contributed by atoms with van der Waals surface area (Å²) in [6.07, 6.45) is 0.674. The van der Waals surface area contributed by atoms with Crippen LogP contribution in [0.1, 0.15) is 36.8 Å². The Balaban J connectivity index is 1.54. The largest absolute Gasteiger partial charge is 0.416 e. The third-order valence-electron chi connectivity index (χ3n) is 4.56. The van der Waals surface area contributed by atoms with Crippen molar-refractivity contribution < 1.29 is 9.21 Å². The summed E-state index contributed by atoms with van der Waals surface area (Å²) >= 11 is 1.30. The Bertz CT molecular complexity index is 883. The predicted molar refractivity (Wildman–Crippen MR) is 111 cm³/mol. The molecule has 0 aliphatic heterocycles. The number of nitrogens with zero attached hydrogens (tertiary/aromatic N) is 3. The van der Waals surface area contributed by atoms with Gasteiger partial charge in [0.15, 0.2) is 0 Å². The highest BCUT2D eigenvalue weighted by Crippen LogP contribution is 2.26. The van der Waals surface area contributed by atoms with Crippen molar-refractivity contribution in [3.8, 4) is 0 Å². The summed E-state index contributed by atoms with van der Waals surface area (Å²) in [5.41, 5.74) is 2.34. The molecule has 0 aliphatic rings. The summed E-state index contributed by atoms with van der Waals surface area (Å²) in [4.78, 5) is 14.4. The fourth-order valence-corrected chi connectivity index (χ4v) is 3.79. The molecule has 0 spiro atoms. The smallest absolute Gasteiger partial charge is 0.277 e. The topological polar surface area (TPSA) is 59.2 Å². The molecule has 0 fully saturated rings. The Labute approximate surface area is 170 Å². The number of thioether (sulfide) groups is 1. The molecule has 1 heterocycles. The average Bonchev–Trinajstić information content (AvgIpc) is 3.15. The summed E-state index contributed by atoms with van der Waals surface area (Å²) in [5.74, 6) is 0.915. The van der Waals surface area contributed by atoms with E-state index in [4.69, 9.17) is 4.42 Å². The van der Waals surface area contributed by atoms with E-state index in [1.165, 1.54) is 17.3 Å². The second kappa shape index (κ2) is 9.55. The van der Waals surface area contributed by atoms with Gasteiger partial charge in [-0.2, -0.15) is 0 Å². The van der Waals surface area contributed by atoms with E-state index in [0.717, 1.165) is 5.56 Å². The minimum absolute atomic E-state index is 0.0336. The Morgan fingerprint density at radius 2 is 1.68 bits per heavy atom. The normalized spacial score (nSPS) is 13.1. The molecule has 3 rings (SSSR count). The van der Waals surface area contributed by atoms with E-state index in [1.807, 2.05) is 62.5 Å². The van der Waals surface area contributed by atoms with E-state index < -0.39 is 0 Å². The van der Waals surface area contributed by atoms with Gasteiger partial charge in [0.05, 0.1) is 5.25 Å². The number of rotatable bonds is 8. The molecule has 0 saturated heterocycles. The maximum absolute atomic E-state index is 12.6. The zero-order valence-corrected chi connectivity index (χ0v) is 17.2. The van der Waals surface area contributed by atoms with Crippen molar-refractivity contribution in [2.24, 2.45) is 0 Å². The third-order valence-corrected chi connectivity index (χ3v) is 5.48. The first-order valence-electron chi connectivity index (χ1n) is 9.36. The van der Waals surface area contributed by atoms with Gasteiger partial charge in [0, 0.05) is 20.0 Å². The van der Waals surface area contributed by atoms with Crippen LogP contribution in [0.3, 0.4) is 0 Å². The fraction of sp³-hybridized carbons (Fsp3) is 0.318. The van der Waals surface area contributed by atoms with Crippen LogP contribution in [0.25, 0.3) is 0 Å². The lowest BCUT2D eigenvalue weighted by atomic mass is 9.98. The second-order valence-electron chi connectivity index (χ2n) is 6.92. The number of hydrogen-bond donors (Lipinski definition) is 0. The standard InChI is InChI=1S/C22H25N3O2S/c1-16(19-12-8-5-9-13-19)14-20-23-24-22(27-20)28-17(2)21(26)25(3)15-18-10-6-4-7-11-18/h4-13,16-17H,14-15H2,1-3H3. The van der Waals surface area contributed by atoms with E-state index in [2.05, 4.69) is 29.3 Å². The Kier molecular flexibility index (Phi) is 6.87. The number of amides is 1. The van der Waals surface area contributed by atoms with Crippen LogP contribution in [-0.4, -0.2) is 33.3 Å². The Morgan fingerprint density at radius 3 is 2.36 bits per heavy atom. The number of carbonyl (C=O) groups is 1. The van der Waals surface area contributed by atoms with Gasteiger partial charge in [-0.15, -0.1) is 10.2 Å². The fourth-order valence-electron chi connectivity index (χ4n) is 2.98. The van der Waals surface area contributed by atoms with Gasteiger partial charge in [-0.3, -0.25) is 4.79 Å². The molecule has 2 aromatic carbocycles. The van der Waals surface area contributed by atoms with Crippen molar-refractivity contribution in [2.75, 3.05) is 7.05 Å². The molecule has 2 unspecified atom stereocenters. The summed E-state index contributed by atoms with van der Waals surface area (Å²) in [6, 6.07) is 20.2. The SMILES string of the molecule is CC(Sc1nnc(CC(C)c2ccccc2)o1)C(=O)N(C)Cc1ccccc1. The van der Waals surface area contributed by atoms with Crippen LogP contribution in [-0.2, 0) is 17.8 Å². The molecule has 2 atom stereocenters. The van der Waals surface area contributed by atoms with Crippen LogP contribution in [0.5, 0.6) is 0 Å². The average molecular weight is 396 g/mol.